The zero-order chi connectivity index (χ0) is 14.0. The highest BCUT2D eigenvalue weighted by atomic mass is 35.5. The molecular formula is C13H14ClFN2O2. The highest BCUT2D eigenvalue weighted by Crippen LogP contribution is 2.26. The zero-order valence-electron chi connectivity index (χ0n) is 10.6. The maximum atomic E-state index is 13.1. The SMILES string of the molecule is CCC(c1nc(-c2ccc(F)c(Cl)c2)no1)C(C)O. The number of benzene rings is 1. The van der Waals surface area contributed by atoms with E-state index in [1.54, 1.807) is 6.92 Å². The Morgan fingerprint density at radius 1 is 1.47 bits per heavy atom. The molecule has 6 heteroatoms. The van der Waals surface area contributed by atoms with Gasteiger partial charge in [0.15, 0.2) is 0 Å². The molecule has 1 heterocycles. The summed E-state index contributed by atoms with van der Waals surface area (Å²) in [5.41, 5.74) is 0.571. The molecular weight excluding hydrogens is 271 g/mol. The molecule has 0 bridgehead atoms. The molecule has 1 aromatic carbocycles. The lowest BCUT2D eigenvalue weighted by molar-refractivity contribution is 0.141. The van der Waals surface area contributed by atoms with Crippen molar-refractivity contribution in [1.82, 2.24) is 10.1 Å². The summed E-state index contributed by atoms with van der Waals surface area (Å²) in [5.74, 6) is -0.00864. The zero-order valence-corrected chi connectivity index (χ0v) is 11.4. The van der Waals surface area contributed by atoms with E-state index in [9.17, 15) is 9.50 Å². The van der Waals surface area contributed by atoms with Crippen LogP contribution < -0.4 is 0 Å². The fraction of sp³-hybridized carbons (Fsp3) is 0.385. The van der Waals surface area contributed by atoms with E-state index in [1.165, 1.54) is 18.2 Å². The molecule has 2 aromatic rings. The minimum atomic E-state index is -0.574. The van der Waals surface area contributed by atoms with Crippen molar-refractivity contribution in [2.24, 2.45) is 0 Å². The molecule has 0 saturated heterocycles. The predicted octanol–water partition coefficient (Wildman–Crippen LogP) is 3.40. The van der Waals surface area contributed by atoms with Crippen molar-refractivity contribution in [3.8, 4) is 11.4 Å². The Bertz CT molecular complexity index is 572. The van der Waals surface area contributed by atoms with Gasteiger partial charge in [-0.25, -0.2) is 4.39 Å². The lowest BCUT2D eigenvalue weighted by Gasteiger charge is -2.12. The Morgan fingerprint density at radius 2 is 2.21 bits per heavy atom. The Kier molecular flexibility index (Phi) is 4.17. The number of aromatic nitrogens is 2. The molecule has 0 aliphatic rings. The van der Waals surface area contributed by atoms with Crippen LogP contribution in [0.2, 0.25) is 5.02 Å². The summed E-state index contributed by atoms with van der Waals surface area (Å²) in [6, 6.07) is 4.22. The second-order valence-electron chi connectivity index (χ2n) is 4.34. The van der Waals surface area contributed by atoms with Gasteiger partial charge in [-0.2, -0.15) is 4.98 Å². The normalized spacial score (nSPS) is 14.4. The van der Waals surface area contributed by atoms with E-state index in [0.717, 1.165) is 0 Å². The van der Waals surface area contributed by atoms with Gasteiger partial charge in [0.1, 0.15) is 5.82 Å². The molecule has 4 nitrogen and oxygen atoms in total. The number of aliphatic hydroxyl groups excluding tert-OH is 1. The van der Waals surface area contributed by atoms with E-state index >= 15 is 0 Å². The molecule has 0 spiro atoms. The molecule has 0 saturated carbocycles. The molecule has 0 fully saturated rings. The van der Waals surface area contributed by atoms with Crippen molar-refractivity contribution in [1.29, 1.82) is 0 Å². The largest absolute Gasteiger partial charge is 0.393 e. The van der Waals surface area contributed by atoms with Gasteiger partial charge in [-0.15, -0.1) is 0 Å². The first-order valence-electron chi connectivity index (χ1n) is 6.00. The third kappa shape index (κ3) is 2.93. The van der Waals surface area contributed by atoms with E-state index in [4.69, 9.17) is 16.1 Å². The third-order valence-corrected chi connectivity index (χ3v) is 3.25. The Balaban J connectivity index is 2.32. The number of nitrogens with zero attached hydrogens (tertiary/aromatic N) is 2. The average Bonchev–Trinajstić information content (AvgIpc) is 2.82. The maximum absolute atomic E-state index is 13.1. The van der Waals surface area contributed by atoms with Gasteiger partial charge in [0.25, 0.3) is 0 Å². The second-order valence-corrected chi connectivity index (χ2v) is 4.75. The molecule has 1 N–H and O–H groups in total. The van der Waals surface area contributed by atoms with Gasteiger partial charge >= 0.3 is 0 Å². The molecule has 0 amide bonds. The molecule has 19 heavy (non-hydrogen) atoms. The van der Waals surface area contributed by atoms with E-state index < -0.39 is 11.9 Å². The van der Waals surface area contributed by atoms with E-state index in [2.05, 4.69) is 10.1 Å². The Labute approximate surface area is 115 Å². The summed E-state index contributed by atoms with van der Waals surface area (Å²) in [6.07, 6.45) is 0.110. The highest BCUT2D eigenvalue weighted by Gasteiger charge is 2.22. The van der Waals surface area contributed by atoms with Gasteiger partial charge in [0, 0.05) is 5.56 Å². The minimum absolute atomic E-state index is 0.00594. The third-order valence-electron chi connectivity index (χ3n) is 2.96. The Morgan fingerprint density at radius 3 is 2.79 bits per heavy atom. The minimum Gasteiger partial charge on any atom is -0.393 e. The summed E-state index contributed by atoms with van der Waals surface area (Å²) in [7, 11) is 0. The lowest BCUT2D eigenvalue weighted by Crippen LogP contribution is -2.13. The van der Waals surface area contributed by atoms with Gasteiger partial charge in [-0.3, -0.25) is 0 Å². The Hall–Kier alpha value is -1.46. The van der Waals surface area contributed by atoms with Gasteiger partial charge in [0.05, 0.1) is 17.0 Å². The van der Waals surface area contributed by atoms with Crippen LogP contribution in [-0.2, 0) is 0 Å². The standard InChI is InChI=1S/C13H14ClFN2O2/c1-3-9(7(2)18)13-16-12(17-19-13)8-4-5-11(15)10(14)6-8/h4-7,9,18H,3H2,1-2H3. The quantitative estimate of drug-likeness (QED) is 0.935. The van der Waals surface area contributed by atoms with Crippen molar-refractivity contribution in [2.45, 2.75) is 32.3 Å². The first kappa shape index (κ1) is 14.0. The fourth-order valence-corrected chi connectivity index (χ4v) is 2.04. The first-order chi connectivity index (χ1) is 9.02. The van der Waals surface area contributed by atoms with E-state index in [-0.39, 0.29) is 10.9 Å². The highest BCUT2D eigenvalue weighted by molar-refractivity contribution is 6.31. The molecule has 2 atom stereocenters. The van der Waals surface area contributed by atoms with Crippen LogP contribution in [0.3, 0.4) is 0 Å². The fourth-order valence-electron chi connectivity index (χ4n) is 1.86. The number of halogens is 2. The van der Waals surface area contributed by atoms with Crippen molar-refractivity contribution in [3.63, 3.8) is 0 Å². The van der Waals surface area contributed by atoms with E-state index in [1.807, 2.05) is 6.92 Å². The molecule has 2 rings (SSSR count). The number of rotatable bonds is 4. The molecule has 2 unspecified atom stereocenters. The van der Waals surface area contributed by atoms with Crippen LogP contribution in [0.4, 0.5) is 4.39 Å². The van der Waals surface area contributed by atoms with Crippen molar-refractivity contribution in [2.75, 3.05) is 0 Å². The van der Waals surface area contributed by atoms with Crippen molar-refractivity contribution < 1.29 is 14.0 Å². The van der Waals surface area contributed by atoms with Gasteiger partial charge in [0.2, 0.25) is 11.7 Å². The molecule has 0 radical (unpaired) electrons. The number of hydrogen-bond acceptors (Lipinski definition) is 4. The first-order valence-corrected chi connectivity index (χ1v) is 6.37. The average molecular weight is 285 g/mol. The maximum Gasteiger partial charge on any atom is 0.232 e. The smallest absolute Gasteiger partial charge is 0.232 e. The summed E-state index contributed by atoms with van der Waals surface area (Å²) < 4.78 is 18.2. The lowest BCUT2D eigenvalue weighted by atomic mass is 10.0. The molecule has 1 aromatic heterocycles. The molecule has 0 aliphatic heterocycles. The van der Waals surface area contributed by atoms with Crippen LogP contribution in [0.15, 0.2) is 22.7 Å². The summed E-state index contributed by atoms with van der Waals surface area (Å²) in [4.78, 5) is 4.22. The van der Waals surface area contributed by atoms with Crippen molar-refractivity contribution in [3.05, 3.63) is 34.9 Å². The van der Waals surface area contributed by atoms with Crippen LogP contribution >= 0.6 is 11.6 Å². The van der Waals surface area contributed by atoms with Crippen LogP contribution in [0.5, 0.6) is 0 Å². The van der Waals surface area contributed by atoms with Crippen LogP contribution in [0.1, 0.15) is 32.1 Å². The van der Waals surface area contributed by atoms with Crippen molar-refractivity contribution >= 4 is 11.6 Å². The van der Waals surface area contributed by atoms with Gasteiger partial charge < -0.3 is 9.63 Å². The second kappa shape index (κ2) is 5.67. The summed E-state index contributed by atoms with van der Waals surface area (Å²) in [6.45, 7) is 3.60. The van der Waals surface area contributed by atoms with Crippen LogP contribution in [0.25, 0.3) is 11.4 Å². The number of hydrogen-bond donors (Lipinski definition) is 1. The van der Waals surface area contributed by atoms with E-state index in [0.29, 0.717) is 23.7 Å². The molecule has 0 aliphatic carbocycles. The van der Waals surface area contributed by atoms with Crippen LogP contribution in [-0.4, -0.2) is 21.4 Å². The van der Waals surface area contributed by atoms with Crippen LogP contribution in [0, 0.1) is 5.82 Å². The predicted molar refractivity (Wildman–Crippen MR) is 69.4 cm³/mol. The molecule has 102 valence electrons. The monoisotopic (exact) mass is 284 g/mol. The number of aliphatic hydroxyl groups is 1. The van der Waals surface area contributed by atoms with Gasteiger partial charge in [-0.1, -0.05) is 23.7 Å². The topological polar surface area (TPSA) is 59.2 Å². The summed E-state index contributed by atoms with van der Waals surface area (Å²) in [5, 5.41) is 13.5. The van der Waals surface area contributed by atoms with Gasteiger partial charge in [-0.05, 0) is 31.5 Å². The summed E-state index contributed by atoms with van der Waals surface area (Å²) >= 11 is 5.71.